The van der Waals surface area contributed by atoms with Gasteiger partial charge in [0.05, 0.1) is 34.4 Å². The lowest BCUT2D eigenvalue weighted by Crippen LogP contribution is -2.63. The summed E-state index contributed by atoms with van der Waals surface area (Å²) in [6.45, 7) is 4.23. The lowest BCUT2D eigenvalue weighted by molar-refractivity contribution is -0.729. The predicted octanol–water partition coefficient (Wildman–Crippen LogP) is 3.87. The van der Waals surface area contributed by atoms with Crippen molar-refractivity contribution < 1.29 is 28.9 Å². The van der Waals surface area contributed by atoms with Gasteiger partial charge in [-0.25, -0.2) is 9.36 Å². The molecule has 0 saturated carbocycles. The Labute approximate surface area is 255 Å². The van der Waals surface area contributed by atoms with E-state index in [0.717, 1.165) is 39.0 Å². The second-order valence-corrected chi connectivity index (χ2v) is 12.5. The summed E-state index contributed by atoms with van der Waals surface area (Å²) < 4.78 is 9.91. The van der Waals surface area contributed by atoms with Crippen molar-refractivity contribution in [2.75, 3.05) is 6.26 Å². The van der Waals surface area contributed by atoms with Crippen LogP contribution in [-0.2, 0) is 33.9 Å². The van der Waals surface area contributed by atoms with E-state index in [-0.39, 0.29) is 35.9 Å². The Morgan fingerprint density at radius 1 is 1.28 bits per heavy atom. The molecule has 1 aromatic carbocycles. The largest absolute Gasteiger partial charge is 0.456 e. The van der Waals surface area contributed by atoms with E-state index >= 15 is 0 Å². The molecule has 2 aliphatic rings. The van der Waals surface area contributed by atoms with Gasteiger partial charge in [0, 0.05) is 41.9 Å². The highest BCUT2D eigenvalue weighted by Crippen LogP contribution is 2.52. The van der Waals surface area contributed by atoms with Gasteiger partial charge in [-0.1, -0.05) is 36.1 Å². The van der Waals surface area contributed by atoms with Gasteiger partial charge in [-0.3, -0.25) is 19.9 Å². The predicted molar refractivity (Wildman–Crippen MR) is 160 cm³/mol. The molecule has 1 fully saturated rings. The smallest absolute Gasteiger partial charge is 0.355 e. The van der Waals surface area contributed by atoms with Gasteiger partial charge in [-0.2, -0.15) is 4.40 Å². The average molecular weight is 621 g/mol. The lowest BCUT2D eigenvalue weighted by atomic mass is 9.77. The molecule has 13 heteroatoms. The number of esters is 1. The van der Waals surface area contributed by atoms with Gasteiger partial charge >= 0.3 is 5.97 Å². The number of amides is 1. The zero-order chi connectivity index (χ0) is 30.4. The van der Waals surface area contributed by atoms with Crippen molar-refractivity contribution in [1.82, 2.24) is 14.3 Å². The fraction of sp³-hybridized carbons (Fsp3) is 0.333. The number of thioether (sulfide) groups is 1. The maximum absolute atomic E-state index is 13.6. The van der Waals surface area contributed by atoms with E-state index in [1.54, 1.807) is 36.2 Å². The number of fused-ring (bicyclic) bond motifs is 2. The Morgan fingerprint density at radius 3 is 2.70 bits per heavy atom. The van der Waals surface area contributed by atoms with Gasteiger partial charge in [0.1, 0.15) is 18.5 Å². The summed E-state index contributed by atoms with van der Waals surface area (Å²) in [4.78, 5) is 45.1. The van der Waals surface area contributed by atoms with Crippen LogP contribution >= 0.6 is 23.1 Å². The van der Waals surface area contributed by atoms with Crippen molar-refractivity contribution in [3.8, 4) is 0 Å². The van der Waals surface area contributed by atoms with Crippen LogP contribution in [0.1, 0.15) is 30.0 Å². The number of nitro groups is 1. The lowest BCUT2D eigenvalue weighted by Gasteiger charge is -2.46. The molecular formula is C30H30N5O6S2+. The van der Waals surface area contributed by atoms with Crippen LogP contribution < -0.4 is 4.57 Å². The van der Waals surface area contributed by atoms with Crippen LogP contribution in [-0.4, -0.2) is 54.6 Å². The van der Waals surface area contributed by atoms with E-state index in [1.807, 2.05) is 48.3 Å². The van der Waals surface area contributed by atoms with Crippen LogP contribution in [0, 0.1) is 22.0 Å². The second-order valence-electron chi connectivity index (χ2n) is 10.7. The van der Waals surface area contributed by atoms with Crippen LogP contribution in [0.3, 0.4) is 0 Å². The summed E-state index contributed by atoms with van der Waals surface area (Å²) in [6.07, 6.45) is 7.78. The van der Waals surface area contributed by atoms with Crippen molar-refractivity contribution in [2.24, 2.45) is 11.8 Å². The monoisotopic (exact) mass is 620 g/mol. The zero-order valence-corrected chi connectivity index (χ0v) is 25.4. The Morgan fingerprint density at radius 2 is 2.05 bits per heavy atom. The Hall–Kier alpha value is -4.07. The molecule has 4 aromatic rings. The molecule has 2 aliphatic heterocycles. The molecule has 0 radical (unpaired) electrons. The molecule has 11 nitrogen and oxygen atoms in total. The number of pyridine rings is 1. The summed E-state index contributed by atoms with van der Waals surface area (Å²) in [6, 6.07) is 11.3. The number of benzene rings is 1. The number of ether oxygens (including phenoxy) is 1. The first-order chi connectivity index (χ1) is 20.7. The molecule has 0 spiro atoms. The maximum Gasteiger partial charge on any atom is 0.355 e. The summed E-state index contributed by atoms with van der Waals surface area (Å²) in [5.74, 6) is -1.76. The molecule has 4 atom stereocenters. The van der Waals surface area contributed by atoms with Crippen LogP contribution in [0.5, 0.6) is 0 Å². The minimum Gasteiger partial charge on any atom is -0.456 e. The standard InChI is InChI=1S/C30H30N5O6S2/c1-17-23(22-14-33-16-32(28(42-3)29(33)43-22)13-11-20-6-4-5-12-31-20)26(34-25(17)24(18(2)36)27(34)37)30(38)41-15-19-7-9-21(10-8-19)35(39)40/h4-10,12,14,16-18,24-25,36H,11,13,15H2,1-3H3/q+1/t17-,18+,24+,25+/m0/s1. The van der Waals surface area contributed by atoms with Gasteiger partial charge in [0.2, 0.25) is 15.8 Å². The number of β-lactam (4-membered cyclic amide) rings is 1. The molecular weight excluding hydrogens is 590 g/mol. The molecule has 1 amide bonds. The number of hydrogen-bond donors (Lipinski definition) is 1. The summed E-state index contributed by atoms with van der Waals surface area (Å²) in [5, 5.41) is 22.4. The van der Waals surface area contributed by atoms with Gasteiger partial charge in [-0.15, -0.1) is 0 Å². The first kappa shape index (κ1) is 29.0. The number of aromatic nitrogens is 3. The van der Waals surface area contributed by atoms with E-state index in [1.165, 1.54) is 29.2 Å². The minimum atomic E-state index is -0.854. The summed E-state index contributed by atoms with van der Waals surface area (Å²) in [5.41, 5.74) is 2.46. The van der Waals surface area contributed by atoms with E-state index < -0.39 is 22.9 Å². The van der Waals surface area contributed by atoms with Crippen LogP contribution in [0.2, 0.25) is 0 Å². The second kappa shape index (κ2) is 11.5. The van der Waals surface area contributed by atoms with E-state index in [0.29, 0.717) is 5.56 Å². The number of aliphatic hydroxyl groups excluding tert-OH is 1. The topological polar surface area (TPSA) is 131 Å². The number of aliphatic hydroxyl groups is 1. The molecule has 6 rings (SSSR count). The summed E-state index contributed by atoms with van der Waals surface area (Å²) in [7, 11) is 0. The third-order valence-corrected chi connectivity index (χ3v) is 10.2. The Balaban J connectivity index is 1.32. The quantitative estimate of drug-likeness (QED) is 0.0706. The molecule has 1 saturated heterocycles. The molecule has 222 valence electrons. The number of hydrogen-bond acceptors (Lipinski definition) is 9. The third kappa shape index (κ3) is 5.11. The Bertz CT molecular complexity index is 1750. The number of carbonyl (C=O) groups is 2. The van der Waals surface area contributed by atoms with Crippen molar-refractivity contribution >= 4 is 51.1 Å². The molecule has 0 unspecified atom stereocenters. The number of non-ortho nitro benzene ring substituents is 1. The number of thiazole rings is 1. The number of rotatable bonds is 10. The van der Waals surface area contributed by atoms with E-state index in [2.05, 4.69) is 9.55 Å². The van der Waals surface area contributed by atoms with Crippen molar-refractivity contribution in [3.63, 3.8) is 0 Å². The van der Waals surface area contributed by atoms with Crippen molar-refractivity contribution in [1.29, 1.82) is 0 Å². The highest BCUT2D eigenvalue weighted by Gasteiger charge is 2.60. The average Bonchev–Trinajstić information content (AvgIpc) is 3.62. The van der Waals surface area contributed by atoms with Crippen molar-refractivity contribution in [3.05, 3.63) is 93.1 Å². The molecule has 43 heavy (non-hydrogen) atoms. The number of imidazole rings is 1. The van der Waals surface area contributed by atoms with Gasteiger partial charge in [0.15, 0.2) is 0 Å². The number of carbonyl (C=O) groups excluding carboxylic acids is 2. The Kier molecular flexibility index (Phi) is 7.79. The van der Waals surface area contributed by atoms with Crippen molar-refractivity contribution in [2.45, 2.75) is 50.6 Å². The molecule has 3 aromatic heterocycles. The van der Waals surface area contributed by atoms with Crippen LogP contribution in [0.4, 0.5) is 5.69 Å². The SMILES string of the molecule is CSc1c2sc(C3=C(C(=O)OCc4ccc([N+](=O)[O-])cc4)N4C(=O)[C@H]([C@@H](C)O)[C@H]4[C@H]3C)cn2c[n+]1CCc1ccccn1. The third-order valence-electron chi connectivity index (χ3n) is 8.08. The van der Waals surface area contributed by atoms with Gasteiger partial charge in [-0.05, 0) is 43.0 Å². The van der Waals surface area contributed by atoms with Gasteiger partial charge < -0.3 is 14.7 Å². The first-order valence-corrected chi connectivity index (χ1v) is 15.9. The normalized spacial score (nSPS) is 20.3. The molecule has 5 heterocycles. The van der Waals surface area contributed by atoms with E-state index in [4.69, 9.17) is 4.74 Å². The zero-order valence-electron chi connectivity index (χ0n) is 23.7. The number of aryl methyl sites for hydroxylation is 2. The minimum absolute atomic E-state index is 0.0559. The van der Waals surface area contributed by atoms with E-state index in [9.17, 15) is 24.8 Å². The molecule has 0 bridgehead atoms. The number of nitrogens with zero attached hydrogens (tertiary/aromatic N) is 5. The van der Waals surface area contributed by atoms with Gasteiger partial charge in [0.25, 0.3) is 12.0 Å². The summed E-state index contributed by atoms with van der Waals surface area (Å²) >= 11 is 3.19. The van der Waals surface area contributed by atoms with Crippen LogP contribution in [0.15, 0.2) is 71.9 Å². The highest BCUT2D eigenvalue weighted by molar-refractivity contribution is 7.98. The highest BCUT2D eigenvalue weighted by atomic mass is 32.2. The molecule has 0 aliphatic carbocycles. The van der Waals surface area contributed by atoms with Crippen LogP contribution in [0.25, 0.3) is 10.4 Å². The fourth-order valence-corrected chi connectivity index (χ4v) is 8.22. The molecule has 1 N–H and O–H groups in total. The first-order valence-electron chi connectivity index (χ1n) is 13.8. The maximum atomic E-state index is 13.6. The number of nitro benzene ring substituents is 1. The fourth-order valence-electron chi connectivity index (χ4n) is 6.02.